The van der Waals surface area contributed by atoms with E-state index in [1.54, 1.807) is 18.2 Å². The molecule has 17 nitrogen and oxygen atoms in total. The molecule has 0 radical (unpaired) electrons. The molecule has 1 heterocycles. The predicted octanol–water partition coefficient (Wildman–Crippen LogP) is 1.57. The number of halogens is 2. The van der Waals surface area contributed by atoms with Crippen LogP contribution in [0.15, 0.2) is 41.3 Å². The van der Waals surface area contributed by atoms with E-state index in [9.17, 15) is 36.6 Å². The van der Waals surface area contributed by atoms with Gasteiger partial charge in [-0.05, 0) is 60.8 Å². The van der Waals surface area contributed by atoms with E-state index in [0.717, 1.165) is 23.2 Å². The van der Waals surface area contributed by atoms with Crippen LogP contribution >= 0.6 is 23.2 Å². The van der Waals surface area contributed by atoms with Gasteiger partial charge in [0, 0.05) is 68.0 Å². The molecule has 0 fully saturated rings. The van der Waals surface area contributed by atoms with Gasteiger partial charge in [0.05, 0.1) is 76.7 Å². The quantitative estimate of drug-likeness (QED) is 0.0765. The van der Waals surface area contributed by atoms with Gasteiger partial charge < -0.3 is 48.9 Å². The Morgan fingerprint density at radius 1 is 0.767 bits per heavy atom. The average Bonchev–Trinajstić information content (AvgIpc) is 3.20. The lowest BCUT2D eigenvalue weighted by molar-refractivity contribution is -0.145. The first-order chi connectivity index (χ1) is 28.6. The number of sulfonamides is 1. The number of benzene rings is 2. The molecule has 0 aromatic heterocycles. The number of aliphatic hydroxyl groups excluding tert-OH is 2. The van der Waals surface area contributed by atoms with Crippen molar-refractivity contribution in [3.63, 3.8) is 0 Å². The Bertz CT molecular complexity index is 1820. The van der Waals surface area contributed by atoms with E-state index in [4.69, 9.17) is 51.6 Å². The first-order valence-electron chi connectivity index (χ1n) is 19.7. The van der Waals surface area contributed by atoms with Crippen molar-refractivity contribution in [1.82, 2.24) is 14.9 Å². The number of fused-ring (bicyclic) bond motifs is 1. The van der Waals surface area contributed by atoms with Gasteiger partial charge in [-0.25, -0.2) is 21.6 Å². The number of hydrogen-bond acceptors (Lipinski definition) is 15. The lowest BCUT2D eigenvalue weighted by Crippen LogP contribution is -2.46. The van der Waals surface area contributed by atoms with Crippen LogP contribution < -0.4 is 10.0 Å². The molecular formula is C39H59Cl2N3O14S2. The Kier molecular flexibility index (Phi) is 24.0. The van der Waals surface area contributed by atoms with Gasteiger partial charge in [0.15, 0.2) is 11.9 Å². The van der Waals surface area contributed by atoms with Crippen LogP contribution in [0.5, 0.6) is 0 Å². The molecule has 3 atom stereocenters. The third kappa shape index (κ3) is 19.8. The molecule has 4 N–H and O–H groups in total. The molecule has 1 aliphatic rings. The summed E-state index contributed by atoms with van der Waals surface area (Å²) < 4.78 is 82.6. The van der Waals surface area contributed by atoms with E-state index in [1.807, 2.05) is 25.2 Å². The number of hydrogen-bond donors (Lipinski definition) is 4. The molecule has 60 heavy (non-hydrogen) atoms. The van der Waals surface area contributed by atoms with Crippen LogP contribution in [-0.4, -0.2) is 174 Å². The molecule has 1 aliphatic heterocycles. The van der Waals surface area contributed by atoms with E-state index in [0.29, 0.717) is 49.4 Å². The minimum Gasteiger partial charge on any atom is -0.382 e. The highest BCUT2D eigenvalue weighted by Crippen LogP contribution is 2.38. The van der Waals surface area contributed by atoms with Gasteiger partial charge in [-0.15, -0.1) is 0 Å². The second kappa shape index (κ2) is 27.7. The smallest absolute Gasteiger partial charge is 0.252 e. The van der Waals surface area contributed by atoms with E-state index in [-0.39, 0.29) is 95.4 Å². The van der Waals surface area contributed by atoms with Crippen molar-refractivity contribution in [1.29, 1.82) is 0 Å². The van der Waals surface area contributed by atoms with Crippen molar-refractivity contribution in [3.05, 3.63) is 63.1 Å². The topological polar surface area (TPSA) is 226 Å². The molecule has 0 saturated carbocycles. The summed E-state index contributed by atoms with van der Waals surface area (Å²) >= 11 is 12.8. The average molecular weight is 929 g/mol. The first kappa shape index (κ1) is 52.0. The number of aliphatic hydroxyl groups is 2. The van der Waals surface area contributed by atoms with Crippen LogP contribution in [0.2, 0.25) is 10.0 Å². The Hall–Kier alpha value is -2.34. The van der Waals surface area contributed by atoms with Crippen LogP contribution in [0.25, 0.3) is 0 Å². The van der Waals surface area contributed by atoms with Gasteiger partial charge in [0.2, 0.25) is 10.0 Å². The van der Waals surface area contributed by atoms with E-state index in [1.165, 1.54) is 6.26 Å². The van der Waals surface area contributed by atoms with E-state index < -0.39 is 43.8 Å². The van der Waals surface area contributed by atoms with E-state index >= 15 is 0 Å². The van der Waals surface area contributed by atoms with Crippen molar-refractivity contribution in [2.24, 2.45) is 0 Å². The summed E-state index contributed by atoms with van der Waals surface area (Å²) in [7, 11) is -4.74. The standard InChI is InChI=1S/C39H59Cl2N3O14S2/c1-44-27-33(32-25-30(40)26-35(41)34(32)28-44)29-6-8-31(9-7-29)60(51,52)43-11-15-56-19-23-58-22-18-55-14-10-42-39(48)38(47)37(46)36(45)5-3-12-53-16-20-57-21-17-54-13-4-24-59(2,49)50/h6-9,25-26,33,37-38,43,46-47H,3-5,10-24,27-28H2,1-2H3,(H,42,48)/t33-,37+,38-/m0/s1. The summed E-state index contributed by atoms with van der Waals surface area (Å²) in [6.45, 7) is 4.48. The van der Waals surface area contributed by atoms with Crippen LogP contribution in [0.4, 0.5) is 0 Å². The summed E-state index contributed by atoms with van der Waals surface area (Å²) in [4.78, 5) is 26.7. The zero-order chi connectivity index (χ0) is 44.0. The molecule has 0 unspecified atom stereocenters. The number of likely N-dealkylation sites (N-methyl/N-ethyl adjacent to an activating group) is 1. The number of rotatable bonds is 32. The second-order valence-corrected chi connectivity index (χ2v) is 19.0. The molecule has 0 aliphatic carbocycles. The maximum Gasteiger partial charge on any atom is 0.252 e. The summed E-state index contributed by atoms with van der Waals surface area (Å²) in [6.07, 6.45) is -2.03. The van der Waals surface area contributed by atoms with Crippen LogP contribution in [0, 0.1) is 0 Å². The fourth-order valence-electron chi connectivity index (χ4n) is 6.02. The first-order valence-corrected chi connectivity index (χ1v) is 24.0. The third-order valence-corrected chi connectivity index (χ3v) is 12.1. The van der Waals surface area contributed by atoms with Crippen LogP contribution in [0.1, 0.15) is 41.9 Å². The number of sulfone groups is 1. The van der Waals surface area contributed by atoms with Gasteiger partial charge in [-0.2, -0.15) is 0 Å². The number of carbonyl (C=O) groups is 2. The summed E-state index contributed by atoms with van der Waals surface area (Å²) in [5, 5.41) is 23.7. The maximum atomic E-state index is 12.9. The van der Waals surface area contributed by atoms with Gasteiger partial charge in [-0.1, -0.05) is 35.3 Å². The van der Waals surface area contributed by atoms with Crippen LogP contribution in [-0.2, 0) is 64.4 Å². The SMILES string of the molecule is CN1Cc2c(Cl)cc(Cl)cc2[C@H](c2ccc(S(=O)(=O)NCCOCCOCCOCCNC(=O)[C@@H](O)[C@H](O)C(=O)CCCOCCOCCOCCCS(C)(=O)=O)cc2)C1. The predicted molar refractivity (Wildman–Crippen MR) is 225 cm³/mol. The Morgan fingerprint density at radius 3 is 1.88 bits per heavy atom. The molecule has 0 spiro atoms. The molecule has 2 aromatic rings. The van der Waals surface area contributed by atoms with E-state index in [2.05, 4.69) is 14.9 Å². The Balaban J connectivity index is 1.14. The second-order valence-electron chi connectivity index (χ2n) is 14.1. The molecule has 2 aromatic carbocycles. The molecule has 21 heteroatoms. The van der Waals surface area contributed by atoms with Crippen molar-refractivity contribution >= 4 is 54.8 Å². The minimum atomic E-state index is -3.75. The Morgan fingerprint density at radius 2 is 1.30 bits per heavy atom. The molecule has 1 amide bonds. The summed E-state index contributed by atoms with van der Waals surface area (Å²) in [6, 6.07) is 10.4. The number of nitrogens with zero attached hydrogens (tertiary/aromatic N) is 1. The molecule has 340 valence electrons. The lowest BCUT2D eigenvalue weighted by Gasteiger charge is -2.33. The van der Waals surface area contributed by atoms with Gasteiger partial charge >= 0.3 is 0 Å². The summed E-state index contributed by atoms with van der Waals surface area (Å²) in [5.41, 5.74) is 3.02. The minimum absolute atomic E-state index is 0.00718. The number of amides is 1. The Labute approximate surface area is 363 Å². The van der Waals surface area contributed by atoms with Gasteiger partial charge in [0.1, 0.15) is 15.9 Å². The van der Waals surface area contributed by atoms with Crippen molar-refractivity contribution in [2.45, 2.75) is 48.8 Å². The normalized spacial score (nSPS) is 15.7. The lowest BCUT2D eigenvalue weighted by atomic mass is 9.85. The highest BCUT2D eigenvalue weighted by molar-refractivity contribution is 7.90. The zero-order valence-corrected chi connectivity index (χ0v) is 37.3. The number of Topliss-reactive ketones (excluding diaryl/α,β-unsaturated/α-hetero) is 1. The monoisotopic (exact) mass is 927 g/mol. The molecule has 3 rings (SSSR count). The van der Waals surface area contributed by atoms with Gasteiger partial charge in [-0.3, -0.25) is 9.59 Å². The third-order valence-electron chi connectivity index (χ3n) is 9.07. The summed E-state index contributed by atoms with van der Waals surface area (Å²) in [5.74, 6) is -1.54. The highest BCUT2D eigenvalue weighted by Gasteiger charge is 2.30. The highest BCUT2D eigenvalue weighted by atomic mass is 35.5. The molecular weight excluding hydrogens is 869 g/mol. The largest absolute Gasteiger partial charge is 0.382 e. The molecule has 0 saturated heterocycles. The van der Waals surface area contributed by atoms with Crippen molar-refractivity contribution < 1.29 is 65.1 Å². The number of ketones is 1. The van der Waals surface area contributed by atoms with Crippen LogP contribution in [0.3, 0.4) is 0 Å². The fraction of sp³-hybridized carbons (Fsp3) is 0.641. The number of carbonyl (C=O) groups excluding carboxylic acids is 2. The maximum absolute atomic E-state index is 12.9. The van der Waals surface area contributed by atoms with Crippen molar-refractivity contribution in [3.8, 4) is 0 Å². The van der Waals surface area contributed by atoms with Crippen molar-refractivity contribution in [2.75, 3.05) is 118 Å². The fourth-order valence-corrected chi connectivity index (χ4v) is 8.24. The van der Waals surface area contributed by atoms with Gasteiger partial charge in [0.25, 0.3) is 5.91 Å². The number of ether oxygens (including phenoxy) is 6. The zero-order valence-electron chi connectivity index (χ0n) is 34.2. The number of nitrogens with one attached hydrogen (secondary N) is 2. The molecule has 0 bridgehead atoms.